The summed E-state index contributed by atoms with van der Waals surface area (Å²) in [6, 6.07) is 13.9. The maximum absolute atomic E-state index is 11.9. The van der Waals surface area contributed by atoms with E-state index in [0.717, 1.165) is 22.3 Å². The maximum atomic E-state index is 11.9. The van der Waals surface area contributed by atoms with Gasteiger partial charge in [-0.3, -0.25) is 4.79 Å². The number of carbonyl (C=O) groups is 2. The van der Waals surface area contributed by atoms with Crippen LogP contribution in [0.5, 0.6) is 0 Å². The number of nitrogens with one attached hydrogen (secondary N) is 1. The second-order valence-electron chi connectivity index (χ2n) is 7.05. The number of nitrogens with two attached hydrogens (primary N) is 1. The van der Waals surface area contributed by atoms with Crippen LogP contribution in [0, 0.1) is 0 Å². The molecule has 0 bridgehead atoms. The molecule has 0 aliphatic rings. The fraction of sp³-hybridized carbons (Fsp3) is 0.120. The van der Waals surface area contributed by atoms with Gasteiger partial charge in [-0.05, 0) is 42.3 Å². The lowest BCUT2D eigenvalue weighted by Gasteiger charge is -2.09. The van der Waals surface area contributed by atoms with Gasteiger partial charge in [0.25, 0.3) is 5.91 Å². The molecule has 0 radical (unpaired) electrons. The quantitative estimate of drug-likeness (QED) is 0.378. The molecule has 0 aliphatic heterocycles. The maximum Gasteiger partial charge on any atom is 0.335 e. The number of aromatic carboxylic acids is 1. The molecule has 2 aromatic carbocycles. The number of hydrogen-bond donors (Lipinski definition) is 3. The second kappa shape index (κ2) is 9.78. The third-order valence-electron chi connectivity index (χ3n) is 4.86. The monoisotopic (exact) mass is 443 g/mol. The summed E-state index contributed by atoms with van der Waals surface area (Å²) in [5.74, 6) is -0.933. The molecule has 0 saturated carbocycles. The van der Waals surface area contributed by atoms with Crippen molar-refractivity contribution in [1.29, 1.82) is 0 Å². The fourth-order valence-corrected chi connectivity index (χ4v) is 3.30. The van der Waals surface area contributed by atoms with Crippen LogP contribution in [0.25, 0.3) is 27.8 Å². The Labute approximate surface area is 191 Å². The van der Waals surface area contributed by atoms with Gasteiger partial charge in [-0.15, -0.1) is 0 Å². The highest BCUT2D eigenvalue weighted by Crippen LogP contribution is 2.38. The van der Waals surface area contributed by atoms with Crippen molar-refractivity contribution in [3.05, 3.63) is 78.8 Å². The first-order valence-corrected chi connectivity index (χ1v) is 10.4. The van der Waals surface area contributed by atoms with Crippen LogP contribution in [0.15, 0.2) is 73.2 Å². The Morgan fingerprint density at radius 2 is 1.64 bits per heavy atom. The highest BCUT2D eigenvalue weighted by molar-refractivity contribution is 6.03. The van der Waals surface area contributed by atoms with Crippen molar-refractivity contribution < 1.29 is 14.7 Å². The number of aromatic nitrogens is 3. The topological polar surface area (TPSA) is 123 Å². The largest absolute Gasteiger partial charge is 0.478 e. The van der Waals surface area contributed by atoms with Crippen molar-refractivity contribution in [3.63, 3.8) is 0 Å². The number of nitrogen functional groups attached to an aromatic ring is 1. The van der Waals surface area contributed by atoms with Crippen molar-refractivity contribution >= 4 is 28.9 Å². The predicted octanol–water partition coefficient (Wildman–Crippen LogP) is 4.88. The van der Waals surface area contributed by atoms with Gasteiger partial charge in [-0.25, -0.2) is 14.3 Å². The van der Waals surface area contributed by atoms with Gasteiger partial charge in [0.05, 0.1) is 5.56 Å². The van der Waals surface area contributed by atoms with E-state index in [0.29, 0.717) is 22.6 Å². The third kappa shape index (κ3) is 4.74. The van der Waals surface area contributed by atoms with E-state index in [2.05, 4.69) is 22.0 Å². The van der Waals surface area contributed by atoms with Gasteiger partial charge >= 0.3 is 5.97 Å². The SMILES string of the molecule is C=C(C)C(=O)Nc1ccc(-c2cn3ncnc(N)c3c2-c2ccc(C(=O)O)cc2)cc1.CC. The summed E-state index contributed by atoms with van der Waals surface area (Å²) in [6.45, 7) is 9.28. The molecule has 0 fully saturated rings. The molecule has 0 aliphatic carbocycles. The van der Waals surface area contributed by atoms with Gasteiger partial charge < -0.3 is 16.2 Å². The van der Waals surface area contributed by atoms with E-state index in [9.17, 15) is 14.7 Å². The van der Waals surface area contributed by atoms with Crippen molar-refractivity contribution in [1.82, 2.24) is 14.6 Å². The first kappa shape index (κ1) is 23.2. The molecule has 8 nitrogen and oxygen atoms in total. The summed E-state index contributed by atoms with van der Waals surface area (Å²) in [6.07, 6.45) is 3.22. The number of hydrogen-bond acceptors (Lipinski definition) is 5. The van der Waals surface area contributed by atoms with Gasteiger partial charge in [0.2, 0.25) is 0 Å². The van der Waals surface area contributed by atoms with Gasteiger partial charge in [0.15, 0.2) is 5.82 Å². The first-order valence-electron chi connectivity index (χ1n) is 10.4. The van der Waals surface area contributed by atoms with Gasteiger partial charge in [0.1, 0.15) is 11.8 Å². The van der Waals surface area contributed by atoms with Gasteiger partial charge in [-0.2, -0.15) is 5.10 Å². The highest BCUT2D eigenvalue weighted by Gasteiger charge is 2.18. The summed E-state index contributed by atoms with van der Waals surface area (Å²) >= 11 is 0. The number of amides is 1. The van der Waals surface area contributed by atoms with E-state index in [1.807, 2.05) is 32.2 Å². The van der Waals surface area contributed by atoms with Crippen LogP contribution in [-0.2, 0) is 4.79 Å². The Morgan fingerprint density at radius 1 is 1.03 bits per heavy atom. The summed E-state index contributed by atoms with van der Waals surface area (Å²) in [5, 5.41) is 16.2. The lowest BCUT2D eigenvalue weighted by Crippen LogP contribution is -2.11. The highest BCUT2D eigenvalue weighted by atomic mass is 16.4. The third-order valence-corrected chi connectivity index (χ3v) is 4.86. The standard InChI is InChI=1S/C23H19N5O3.C2H6/c1-13(2)22(29)27-17-9-7-14(8-10-17)18-11-28-20(21(24)25-12-26-28)19(18)15-3-5-16(6-4-15)23(30)31;1-2/h3-12H,1H2,2H3,(H,27,29)(H,30,31)(H2,24,25,26);1-2H3. The second-order valence-corrected chi connectivity index (χ2v) is 7.05. The molecule has 33 heavy (non-hydrogen) atoms. The van der Waals surface area contributed by atoms with Crippen LogP contribution < -0.4 is 11.1 Å². The van der Waals surface area contributed by atoms with Gasteiger partial charge in [-0.1, -0.05) is 44.7 Å². The molecule has 4 rings (SSSR count). The molecule has 2 heterocycles. The minimum Gasteiger partial charge on any atom is -0.478 e. The molecule has 2 aromatic heterocycles. The number of benzene rings is 2. The van der Waals surface area contributed by atoms with Crippen LogP contribution in [0.2, 0.25) is 0 Å². The molecule has 1 amide bonds. The number of fused-ring (bicyclic) bond motifs is 1. The fourth-order valence-electron chi connectivity index (χ4n) is 3.30. The number of nitrogens with zero attached hydrogens (tertiary/aromatic N) is 3. The Balaban J connectivity index is 0.00000149. The van der Waals surface area contributed by atoms with Crippen LogP contribution in [0.1, 0.15) is 31.1 Å². The zero-order valence-electron chi connectivity index (χ0n) is 18.7. The molecule has 8 heteroatoms. The molecule has 168 valence electrons. The zero-order valence-corrected chi connectivity index (χ0v) is 18.7. The Morgan fingerprint density at radius 3 is 2.21 bits per heavy atom. The molecule has 4 N–H and O–H groups in total. The number of carbonyl (C=O) groups excluding carboxylic acids is 1. The van der Waals surface area contributed by atoms with Crippen LogP contribution in [-0.4, -0.2) is 31.6 Å². The molecule has 0 spiro atoms. The summed E-state index contributed by atoms with van der Waals surface area (Å²) in [7, 11) is 0. The predicted molar refractivity (Wildman–Crippen MR) is 130 cm³/mol. The molecule has 0 atom stereocenters. The Kier molecular flexibility index (Phi) is 6.88. The molecule has 0 saturated heterocycles. The average molecular weight is 444 g/mol. The van der Waals surface area contributed by atoms with Crippen molar-refractivity contribution in [2.45, 2.75) is 20.8 Å². The van der Waals surface area contributed by atoms with Crippen molar-refractivity contribution in [2.75, 3.05) is 11.1 Å². The van der Waals surface area contributed by atoms with Gasteiger partial charge in [0, 0.05) is 28.6 Å². The summed E-state index contributed by atoms with van der Waals surface area (Å²) < 4.78 is 1.65. The van der Waals surface area contributed by atoms with Crippen molar-refractivity contribution in [2.24, 2.45) is 0 Å². The van der Waals surface area contributed by atoms with E-state index in [1.54, 1.807) is 47.8 Å². The number of rotatable bonds is 5. The number of carboxylic acids is 1. The van der Waals surface area contributed by atoms with Crippen LogP contribution >= 0.6 is 0 Å². The van der Waals surface area contributed by atoms with E-state index < -0.39 is 5.97 Å². The minimum atomic E-state index is -0.997. The lowest BCUT2D eigenvalue weighted by molar-refractivity contribution is -0.112. The van der Waals surface area contributed by atoms with E-state index in [-0.39, 0.29) is 11.5 Å². The van der Waals surface area contributed by atoms with E-state index in [1.165, 1.54) is 6.33 Å². The molecule has 4 aromatic rings. The molecular weight excluding hydrogens is 418 g/mol. The number of anilines is 2. The zero-order chi connectivity index (χ0) is 24.1. The van der Waals surface area contributed by atoms with Crippen molar-refractivity contribution in [3.8, 4) is 22.3 Å². The minimum absolute atomic E-state index is 0.190. The normalized spacial score (nSPS) is 10.3. The Hall–Kier alpha value is -4.46. The van der Waals surface area contributed by atoms with E-state index >= 15 is 0 Å². The Bertz CT molecular complexity index is 1320. The number of carboxylic acid groups (broad SMARTS) is 1. The van der Waals surface area contributed by atoms with Crippen LogP contribution in [0.3, 0.4) is 0 Å². The summed E-state index contributed by atoms with van der Waals surface area (Å²) in [5.41, 5.74) is 11.3. The summed E-state index contributed by atoms with van der Waals surface area (Å²) in [4.78, 5) is 27.2. The molecular formula is C25H25N5O3. The smallest absolute Gasteiger partial charge is 0.335 e. The lowest BCUT2D eigenvalue weighted by atomic mass is 9.96. The average Bonchev–Trinajstić information content (AvgIpc) is 3.22. The molecule has 0 unspecified atom stereocenters. The van der Waals surface area contributed by atoms with Crippen LogP contribution in [0.4, 0.5) is 11.5 Å². The first-order chi connectivity index (χ1) is 15.8. The van der Waals surface area contributed by atoms with E-state index in [4.69, 9.17) is 5.73 Å².